The number of rotatable bonds is 8. The maximum absolute atomic E-state index is 13.8. The van der Waals surface area contributed by atoms with Gasteiger partial charge in [-0.05, 0) is 69.4 Å². The van der Waals surface area contributed by atoms with Crippen molar-refractivity contribution in [2.45, 2.75) is 38.6 Å². The molecule has 2 rings (SSSR count). The van der Waals surface area contributed by atoms with Crippen LogP contribution in [0.25, 0.3) is 0 Å². The fourth-order valence-electron chi connectivity index (χ4n) is 3.85. The number of carbonyl (C=O) groups is 1. The van der Waals surface area contributed by atoms with Gasteiger partial charge in [-0.25, -0.2) is 4.39 Å². The highest BCUT2D eigenvalue weighted by atomic mass is 19.1. The van der Waals surface area contributed by atoms with Crippen molar-refractivity contribution in [2.24, 2.45) is 5.92 Å². The maximum Gasteiger partial charge on any atom is 0.317 e. The number of likely N-dealkylation sites (N-methyl/N-ethyl adjacent to an activating group) is 1. The predicted molar refractivity (Wildman–Crippen MR) is 100 cm³/mol. The lowest BCUT2D eigenvalue weighted by atomic mass is 10.00. The Kier molecular flexibility index (Phi) is 7.85. The van der Waals surface area contributed by atoms with E-state index in [0.29, 0.717) is 12.0 Å². The second-order valence-electron chi connectivity index (χ2n) is 7.47. The lowest BCUT2D eigenvalue weighted by Crippen LogP contribution is -2.37. The fourth-order valence-corrected chi connectivity index (χ4v) is 3.85. The molecule has 1 aromatic carbocycles. The number of aliphatic carboxylic acids is 1. The molecular formula is C20H31FN2O3. The number of hydrogen-bond donors (Lipinski definition) is 1. The molecule has 26 heavy (non-hydrogen) atoms. The SMILES string of the molecule is COc1ccc(CC(C)CN2CCCC(N(C)CC(=O)O)CC2)cc1F. The minimum absolute atomic E-state index is 0.101. The van der Waals surface area contributed by atoms with Gasteiger partial charge in [-0.2, -0.15) is 0 Å². The molecule has 1 N–H and O–H groups in total. The van der Waals surface area contributed by atoms with Gasteiger partial charge in [0.15, 0.2) is 11.6 Å². The molecular weight excluding hydrogens is 335 g/mol. The van der Waals surface area contributed by atoms with E-state index >= 15 is 0 Å². The molecule has 0 spiro atoms. The third-order valence-corrected chi connectivity index (χ3v) is 5.17. The lowest BCUT2D eigenvalue weighted by molar-refractivity contribution is -0.138. The topological polar surface area (TPSA) is 53.0 Å². The van der Waals surface area contributed by atoms with Crippen LogP contribution in [0.2, 0.25) is 0 Å². The van der Waals surface area contributed by atoms with Gasteiger partial charge < -0.3 is 14.7 Å². The van der Waals surface area contributed by atoms with Crippen LogP contribution in [0.1, 0.15) is 31.7 Å². The van der Waals surface area contributed by atoms with Crippen LogP contribution in [0, 0.1) is 11.7 Å². The van der Waals surface area contributed by atoms with Gasteiger partial charge in [0, 0.05) is 12.6 Å². The number of hydrogen-bond acceptors (Lipinski definition) is 4. The number of carboxylic acid groups (broad SMARTS) is 1. The van der Waals surface area contributed by atoms with Crippen LogP contribution in [0.15, 0.2) is 18.2 Å². The van der Waals surface area contributed by atoms with Crippen LogP contribution >= 0.6 is 0 Å². The van der Waals surface area contributed by atoms with Gasteiger partial charge >= 0.3 is 5.97 Å². The monoisotopic (exact) mass is 366 g/mol. The van der Waals surface area contributed by atoms with Crippen molar-refractivity contribution in [1.82, 2.24) is 9.80 Å². The minimum Gasteiger partial charge on any atom is -0.494 e. The third kappa shape index (κ3) is 6.25. The van der Waals surface area contributed by atoms with E-state index in [1.54, 1.807) is 12.1 Å². The predicted octanol–water partition coefficient (Wildman–Crippen LogP) is 2.88. The Hall–Kier alpha value is -1.66. The first-order chi connectivity index (χ1) is 12.4. The Labute approximate surface area is 155 Å². The molecule has 2 atom stereocenters. The number of benzene rings is 1. The smallest absolute Gasteiger partial charge is 0.317 e. The van der Waals surface area contributed by atoms with Crippen molar-refractivity contribution in [3.63, 3.8) is 0 Å². The molecule has 0 bridgehead atoms. The highest BCUT2D eigenvalue weighted by molar-refractivity contribution is 5.69. The number of ether oxygens (including phenoxy) is 1. The second kappa shape index (κ2) is 9.88. The van der Waals surface area contributed by atoms with E-state index in [0.717, 1.165) is 50.9 Å². The summed E-state index contributed by atoms with van der Waals surface area (Å²) in [6.45, 7) is 5.29. The van der Waals surface area contributed by atoms with Gasteiger partial charge in [0.2, 0.25) is 0 Å². The van der Waals surface area contributed by atoms with Crippen molar-refractivity contribution < 1.29 is 19.0 Å². The summed E-state index contributed by atoms with van der Waals surface area (Å²) < 4.78 is 18.8. The van der Waals surface area contributed by atoms with Crippen LogP contribution in [-0.4, -0.2) is 67.3 Å². The summed E-state index contributed by atoms with van der Waals surface area (Å²) in [5.74, 6) is -0.369. The molecule has 1 aliphatic heterocycles. The van der Waals surface area contributed by atoms with Crippen molar-refractivity contribution in [3.05, 3.63) is 29.6 Å². The molecule has 1 saturated heterocycles. The molecule has 6 heteroatoms. The molecule has 0 aliphatic carbocycles. The third-order valence-electron chi connectivity index (χ3n) is 5.17. The molecule has 2 unspecified atom stereocenters. The molecule has 0 radical (unpaired) electrons. The van der Waals surface area contributed by atoms with Crippen LogP contribution in [0.4, 0.5) is 4.39 Å². The number of nitrogens with zero attached hydrogens (tertiary/aromatic N) is 2. The van der Waals surface area contributed by atoms with Crippen molar-refractivity contribution in [1.29, 1.82) is 0 Å². The van der Waals surface area contributed by atoms with Gasteiger partial charge in [0.05, 0.1) is 13.7 Å². The van der Waals surface area contributed by atoms with E-state index in [1.807, 2.05) is 18.0 Å². The van der Waals surface area contributed by atoms with E-state index in [2.05, 4.69) is 11.8 Å². The molecule has 5 nitrogen and oxygen atoms in total. The van der Waals surface area contributed by atoms with Crippen molar-refractivity contribution in [2.75, 3.05) is 40.3 Å². The van der Waals surface area contributed by atoms with Gasteiger partial charge in [-0.1, -0.05) is 13.0 Å². The molecule has 1 aromatic rings. The molecule has 146 valence electrons. The highest BCUT2D eigenvalue weighted by Crippen LogP contribution is 2.21. The quantitative estimate of drug-likeness (QED) is 0.767. The van der Waals surface area contributed by atoms with Gasteiger partial charge in [-0.3, -0.25) is 9.69 Å². The number of halogens is 1. The Morgan fingerprint density at radius 1 is 1.42 bits per heavy atom. The van der Waals surface area contributed by atoms with Crippen LogP contribution < -0.4 is 4.74 Å². The summed E-state index contributed by atoms with van der Waals surface area (Å²) in [5, 5.41) is 8.96. The Bertz CT molecular complexity index is 596. The van der Waals surface area contributed by atoms with Crippen LogP contribution in [-0.2, 0) is 11.2 Å². The average molecular weight is 366 g/mol. The van der Waals surface area contributed by atoms with E-state index in [4.69, 9.17) is 9.84 Å². The van der Waals surface area contributed by atoms with Crippen LogP contribution in [0.5, 0.6) is 5.75 Å². The normalized spacial score (nSPS) is 20.0. The molecule has 0 aromatic heterocycles. The molecule has 1 heterocycles. The van der Waals surface area contributed by atoms with Gasteiger partial charge in [0.25, 0.3) is 0 Å². The van der Waals surface area contributed by atoms with E-state index < -0.39 is 5.97 Å². The van der Waals surface area contributed by atoms with Crippen LogP contribution in [0.3, 0.4) is 0 Å². The summed E-state index contributed by atoms with van der Waals surface area (Å²) in [6.07, 6.45) is 3.95. The summed E-state index contributed by atoms with van der Waals surface area (Å²) in [7, 11) is 3.37. The van der Waals surface area contributed by atoms with Gasteiger partial charge in [0.1, 0.15) is 0 Å². The Balaban J connectivity index is 1.82. The summed E-state index contributed by atoms with van der Waals surface area (Å²) in [5.41, 5.74) is 0.990. The van der Waals surface area contributed by atoms with Crippen molar-refractivity contribution >= 4 is 5.97 Å². The Morgan fingerprint density at radius 2 is 2.19 bits per heavy atom. The first-order valence-corrected chi connectivity index (χ1v) is 9.35. The van der Waals surface area contributed by atoms with Gasteiger partial charge in [-0.15, -0.1) is 0 Å². The summed E-state index contributed by atoms with van der Waals surface area (Å²) >= 11 is 0. The minimum atomic E-state index is -0.769. The second-order valence-corrected chi connectivity index (χ2v) is 7.47. The molecule has 1 aliphatic rings. The first kappa shape index (κ1) is 20.6. The van der Waals surface area contributed by atoms with E-state index in [9.17, 15) is 9.18 Å². The average Bonchev–Trinajstić information content (AvgIpc) is 2.80. The molecule has 0 saturated carbocycles. The largest absolute Gasteiger partial charge is 0.494 e. The maximum atomic E-state index is 13.8. The number of carboxylic acids is 1. The zero-order chi connectivity index (χ0) is 19.1. The van der Waals surface area contributed by atoms with E-state index in [1.165, 1.54) is 7.11 Å². The zero-order valence-corrected chi connectivity index (χ0v) is 16.1. The molecule has 1 fully saturated rings. The first-order valence-electron chi connectivity index (χ1n) is 9.35. The van der Waals surface area contributed by atoms with E-state index in [-0.39, 0.29) is 18.1 Å². The zero-order valence-electron chi connectivity index (χ0n) is 16.1. The Morgan fingerprint density at radius 3 is 2.85 bits per heavy atom. The standard InChI is InChI=1S/C20H31FN2O3/c1-15(11-16-6-7-19(26-3)18(21)12-16)13-23-9-4-5-17(8-10-23)22(2)14-20(24)25/h6-7,12,15,17H,4-5,8-11,13-14H2,1-3H3,(H,24,25). The number of methoxy groups -OCH3 is 1. The lowest BCUT2D eigenvalue weighted by Gasteiger charge is -2.26. The highest BCUT2D eigenvalue weighted by Gasteiger charge is 2.22. The summed E-state index contributed by atoms with van der Waals surface area (Å²) in [4.78, 5) is 15.3. The molecule has 0 amide bonds. The summed E-state index contributed by atoms with van der Waals surface area (Å²) in [6, 6.07) is 5.51. The fraction of sp³-hybridized carbons (Fsp3) is 0.650. The number of likely N-dealkylation sites (tertiary alicyclic amines) is 1. The van der Waals surface area contributed by atoms with Crippen molar-refractivity contribution in [3.8, 4) is 5.75 Å².